The lowest BCUT2D eigenvalue weighted by atomic mass is 10.1. The minimum atomic E-state index is -0.170. The Labute approximate surface area is 160 Å². The largest absolute Gasteiger partial charge is 0.493 e. The Balaban J connectivity index is 1.86. The molecule has 2 rings (SSSR count). The van der Waals surface area contributed by atoms with Crippen LogP contribution < -0.4 is 14.8 Å². The average molecular weight is 373 g/mol. The lowest BCUT2D eigenvalue weighted by Crippen LogP contribution is -2.40. The van der Waals surface area contributed by atoms with Crippen LogP contribution in [0.5, 0.6) is 11.5 Å². The van der Waals surface area contributed by atoms with Crippen LogP contribution in [0.3, 0.4) is 0 Å². The molecule has 1 N–H and O–H groups in total. The molecule has 0 heterocycles. The van der Waals surface area contributed by atoms with Gasteiger partial charge in [-0.05, 0) is 42.2 Å². The molecular weight excluding hydrogens is 345 g/mol. The summed E-state index contributed by atoms with van der Waals surface area (Å²) in [6.45, 7) is 1.41. The van der Waals surface area contributed by atoms with Crippen molar-refractivity contribution in [2.45, 2.75) is 12.8 Å². The Bertz CT molecular complexity index is 765. The van der Waals surface area contributed by atoms with Gasteiger partial charge in [-0.25, -0.2) is 4.39 Å². The molecule has 0 spiro atoms. The van der Waals surface area contributed by atoms with Gasteiger partial charge in [0.1, 0.15) is 5.82 Å². The van der Waals surface area contributed by atoms with Gasteiger partial charge in [-0.3, -0.25) is 4.99 Å². The van der Waals surface area contributed by atoms with E-state index in [1.165, 1.54) is 6.07 Å². The number of guanidine groups is 1. The summed E-state index contributed by atoms with van der Waals surface area (Å²) in [7, 11) is 6.99. The molecule has 2 aromatic rings. The summed E-state index contributed by atoms with van der Waals surface area (Å²) < 4.78 is 24.3. The first-order chi connectivity index (χ1) is 13.1. The molecule has 146 valence electrons. The highest BCUT2D eigenvalue weighted by atomic mass is 19.1. The topological polar surface area (TPSA) is 46.1 Å². The quantitative estimate of drug-likeness (QED) is 0.570. The van der Waals surface area contributed by atoms with Gasteiger partial charge in [0, 0.05) is 27.2 Å². The Morgan fingerprint density at radius 3 is 2.48 bits per heavy atom. The van der Waals surface area contributed by atoms with E-state index in [1.807, 2.05) is 31.3 Å². The molecule has 0 fully saturated rings. The van der Waals surface area contributed by atoms with E-state index in [1.54, 1.807) is 33.4 Å². The summed E-state index contributed by atoms with van der Waals surface area (Å²) >= 11 is 0. The standard InChI is InChI=1S/C21H28FN3O2/c1-23-21(24-13-11-17-7-5-6-8-18(17)22)25(2)14-12-16-9-10-19(26-3)20(15-16)27-4/h5-10,15H,11-14H2,1-4H3,(H,23,24). The maximum atomic E-state index is 13.7. The van der Waals surface area contributed by atoms with E-state index < -0.39 is 0 Å². The number of ether oxygens (including phenoxy) is 2. The van der Waals surface area contributed by atoms with Gasteiger partial charge < -0.3 is 19.7 Å². The minimum absolute atomic E-state index is 0.170. The first-order valence-corrected chi connectivity index (χ1v) is 8.95. The Morgan fingerprint density at radius 1 is 1.07 bits per heavy atom. The number of hydrogen-bond acceptors (Lipinski definition) is 3. The van der Waals surface area contributed by atoms with Gasteiger partial charge in [0.05, 0.1) is 14.2 Å². The van der Waals surface area contributed by atoms with Crippen molar-refractivity contribution in [3.8, 4) is 11.5 Å². The number of benzene rings is 2. The fraction of sp³-hybridized carbons (Fsp3) is 0.381. The monoisotopic (exact) mass is 373 g/mol. The molecule has 0 aliphatic carbocycles. The van der Waals surface area contributed by atoms with Crippen molar-refractivity contribution in [2.24, 2.45) is 4.99 Å². The number of aliphatic imine (C=N–C) groups is 1. The van der Waals surface area contributed by atoms with E-state index in [0.29, 0.717) is 18.5 Å². The molecule has 0 saturated heterocycles. The van der Waals surface area contributed by atoms with Crippen molar-refractivity contribution in [1.29, 1.82) is 0 Å². The molecule has 5 nitrogen and oxygen atoms in total. The molecule has 2 aromatic carbocycles. The second-order valence-corrected chi connectivity index (χ2v) is 6.18. The molecule has 0 aromatic heterocycles. The lowest BCUT2D eigenvalue weighted by Gasteiger charge is -2.22. The first-order valence-electron chi connectivity index (χ1n) is 8.95. The second kappa shape index (κ2) is 10.4. The number of methoxy groups -OCH3 is 2. The number of halogens is 1. The van der Waals surface area contributed by atoms with Crippen molar-refractivity contribution in [2.75, 3.05) is 41.4 Å². The number of nitrogens with zero attached hydrogens (tertiary/aromatic N) is 2. The van der Waals surface area contributed by atoms with E-state index in [2.05, 4.69) is 15.2 Å². The molecule has 0 atom stereocenters. The first kappa shape index (κ1) is 20.6. The summed E-state index contributed by atoms with van der Waals surface area (Å²) in [6, 6.07) is 12.8. The highest BCUT2D eigenvalue weighted by Crippen LogP contribution is 2.27. The zero-order valence-corrected chi connectivity index (χ0v) is 16.5. The third-order valence-electron chi connectivity index (χ3n) is 4.39. The van der Waals surface area contributed by atoms with E-state index in [-0.39, 0.29) is 5.82 Å². The van der Waals surface area contributed by atoms with Gasteiger partial charge in [0.2, 0.25) is 0 Å². The molecule has 0 aliphatic rings. The van der Waals surface area contributed by atoms with Crippen molar-refractivity contribution in [1.82, 2.24) is 10.2 Å². The highest BCUT2D eigenvalue weighted by molar-refractivity contribution is 5.79. The van der Waals surface area contributed by atoms with Crippen LogP contribution >= 0.6 is 0 Å². The summed E-state index contributed by atoms with van der Waals surface area (Å²) in [5.41, 5.74) is 1.86. The molecule has 6 heteroatoms. The predicted molar refractivity (Wildman–Crippen MR) is 107 cm³/mol. The van der Waals surface area contributed by atoms with Gasteiger partial charge in [0.15, 0.2) is 17.5 Å². The molecule has 0 saturated carbocycles. The van der Waals surface area contributed by atoms with Gasteiger partial charge in [-0.15, -0.1) is 0 Å². The molecule has 27 heavy (non-hydrogen) atoms. The van der Waals surface area contributed by atoms with Crippen LogP contribution in [-0.4, -0.2) is 52.3 Å². The summed E-state index contributed by atoms with van der Waals surface area (Å²) in [5.74, 6) is 2.06. The third-order valence-corrected chi connectivity index (χ3v) is 4.39. The molecule has 0 radical (unpaired) electrons. The Kier molecular flexibility index (Phi) is 7.92. The van der Waals surface area contributed by atoms with Crippen molar-refractivity contribution in [3.63, 3.8) is 0 Å². The maximum absolute atomic E-state index is 13.7. The minimum Gasteiger partial charge on any atom is -0.493 e. The number of rotatable bonds is 8. The molecule has 0 bridgehead atoms. The molecule has 0 aliphatic heterocycles. The molecule has 0 amide bonds. The van der Waals surface area contributed by atoms with Crippen molar-refractivity contribution in [3.05, 3.63) is 59.4 Å². The number of likely N-dealkylation sites (N-methyl/N-ethyl adjacent to an activating group) is 1. The fourth-order valence-electron chi connectivity index (χ4n) is 2.83. The zero-order chi connectivity index (χ0) is 19.6. The fourth-order valence-corrected chi connectivity index (χ4v) is 2.83. The summed E-state index contributed by atoms with van der Waals surface area (Å²) in [6.07, 6.45) is 1.44. The van der Waals surface area contributed by atoms with Crippen LogP contribution in [0.1, 0.15) is 11.1 Å². The Morgan fingerprint density at radius 2 is 1.81 bits per heavy atom. The van der Waals surface area contributed by atoms with Crippen LogP contribution in [0.25, 0.3) is 0 Å². The van der Waals surface area contributed by atoms with Crippen molar-refractivity contribution < 1.29 is 13.9 Å². The van der Waals surface area contributed by atoms with E-state index in [0.717, 1.165) is 36.0 Å². The number of nitrogens with one attached hydrogen (secondary N) is 1. The SMILES string of the molecule is CN=C(NCCc1ccccc1F)N(C)CCc1ccc(OC)c(OC)c1. The lowest BCUT2D eigenvalue weighted by molar-refractivity contribution is 0.354. The zero-order valence-electron chi connectivity index (χ0n) is 16.5. The third kappa shape index (κ3) is 5.88. The van der Waals surface area contributed by atoms with Crippen LogP contribution in [0.15, 0.2) is 47.5 Å². The van der Waals surface area contributed by atoms with Gasteiger partial charge in [0.25, 0.3) is 0 Å². The van der Waals surface area contributed by atoms with E-state index in [9.17, 15) is 4.39 Å². The van der Waals surface area contributed by atoms with Crippen LogP contribution in [0, 0.1) is 5.82 Å². The van der Waals surface area contributed by atoms with Gasteiger partial charge in [-0.2, -0.15) is 0 Å². The van der Waals surface area contributed by atoms with Gasteiger partial charge >= 0.3 is 0 Å². The van der Waals surface area contributed by atoms with Crippen LogP contribution in [0.2, 0.25) is 0 Å². The second-order valence-electron chi connectivity index (χ2n) is 6.18. The number of hydrogen-bond donors (Lipinski definition) is 1. The van der Waals surface area contributed by atoms with E-state index >= 15 is 0 Å². The summed E-state index contributed by atoms with van der Waals surface area (Å²) in [4.78, 5) is 6.36. The average Bonchev–Trinajstić information content (AvgIpc) is 2.70. The van der Waals surface area contributed by atoms with E-state index in [4.69, 9.17) is 9.47 Å². The molecular formula is C21H28FN3O2. The van der Waals surface area contributed by atoms with Crippen LogP contribution in [0.4, 0.5) is 4.39 Å². The van der Waals surface area contributed by atoms with Gasteiger partial charge in [-0.1, -0.05) is 24.3 Å². The summed E-state index contributed by atoms with van der Waals surface area (Å²) in [5, 5.41) is 3.29. The van der Waals surface area contributed by atoms with Crippen molar-refractivity contribution >= 4 is 5.96 Å². The normalized spacial score (nSPS) is 11.2. The maximum Gasteiger partial charge on any atom is 0.193 e. The highest BCUT2D eigenvalue weighted by Gasteiger charge is 2.09. The smallest absolute Gasteiger partial charge is 0.193 e. The molecule has 0 unspecified atom stereocenters. The predicted octanol–water partition coefficient (Wildman–Crippen LogP) is 3.14. The van der Waals surface area contributed by atoms with Crippen LogP contribution in [-0.2, 0) is 12.8 Å². The Hall–Kier alpha value is -2.76.